The second-order valence-corrected chi connectivity index (χ2v) is 10.1. The molecule has 0 aliphatic heterocycles. The summed E-state index contributed by atoms with van der Waals surface area (Å²) in [5, 5.41) is 3.29. The maximum atomic E-state index is 13.4. The number of benzene rings is 3. The predicted octanol–water partition coefficient (Wildman–Crippen LogP) is 4.69. The Balaban J connectivity index is 1.52. The van der Waals surface area contributed by atoms with E-state index in [4.69, 9.17) is 23.2 Å². The van der Waals surface area contributed by atoms with Gasteiger partial charge in [-0.15, -0.1) is 0 Å². The van der Waals surface area contributed by atoms with Crippen LogP contribution >= 0.6 is 23.2 Å². The van der Waals surface area contributed by atoms with Crippen molar-refractivity contribution in [3.8, 4) is 5.69 Å². The van der Waals surface area contributed by atoms with Gasteiger partial charge in [-0.2, -0.15) is 0 Å². The molecule has 0 saturated heterocycles. The van der Waals surface area contributed by atoms with Crippen molar-refractivity contribution in [1.29, 1.82) is 0 Å². The molecule has 10 heteroatoms. The Bertz CT molecular complexity index is 1360. The molecular formula is C24H20Cl2N4O3S. The van der Waals surface area contributed by atoms with Crippen molar-refractivity contribution in [3.63, 3.8) is 0 Å². The summed E-state index contributed by atoms with van der Waals surface area (Å²) in [6.45, 7) is -0.209. The minimum Gasteiger partial charge on any atom is -0.350 e. The van der Waals surface area contributed by atoms with Crippen LogP contribution in [0.1, 0.15) is 5.56 Å². The fourth-order valence-corrected chi connectivity index (χ4v) is 5.24. The Morgan fingerprint density at radius 2 is 1.65 bits per heavy atom. The van der Waals surface area contributed by atoms with Gasteiger partial charge in [0.2, 0.25) is 5.91 Å². The second-order valence-electron chi connectivity index (χ2n) is 7.37. The first kappa shape index (κ1) is 23.8. The van der Waals surface area contributed by atoms with Crippen LogP contribution in [0, 0.1) is 0 Å². The molecule has 4 aromatic rings. The molecule has 0 saturated carbocycles. The van der Waals surface area contributed by atoms with Crippen LogP contribution < -0.4 is 9.62 Å². The number of imidazole rings is 1. The smallest absolute Gasteiger partial charge is 0.264 e. The van der Waals surface area contributed by atoms with E-state index >= 15 is 0 Å². The Morgan fingerprint density at radius 1 is 0.971 bits per heavy atom. The topological polar surface area (TPSA) is 84.3 Å². The highest BCUT2D eigenvalue weighted by atomic mass is 35.5. The van der Waals surface area contributed by atoms with E-state index in [2.05, 4.69) is 10.3 Å². The van der Waals surface area contributed by atoms with E-state index < -0.39 is 22.5 Å². The van der Waals surface area contributed by atoms with E-state index in [-0.39, 0.29) is 27.2 Å². The average Bonchev–Trinajstić information content (AvgIpc) is 3.36. The molecule has 0 aliphatic carbocycles. The molecule has 1 heterocycles. The number of hydrogen-bond donors (Lipinski definition) is 1. The van der Waals surface area contributed by atoms with E-state index in [1.54, 1.807) is 30.7 Å². The number of hydrogen-bond acceptors (Lipinski definition) is 4. The van der Waals surface area contributed by atoms with Gasteiger partial charge in [0.15, 0.2) is 0 Å². The fraction of sp³-hybridized carbons (Fsp3) is 0.0833. The Labute approximate surface area is 207 Å². The molecule has 174 valence electrons. The number of nitrogens with one attached hydrogen (secondary N) is 1. The van der Waals surface area contributed by atoms with Crippen molar-refractivity contribution < 1.29 is 13.2 Å². The number of carbonyl (C=O) groups excluding carboxylic acids is 1. The molecule has 1 amide bonds. The number of rotatable bonds is 8. The van der Waals surface area contributed by atoms with Crippen LogP contribution in [0.4, 0.5) is 5.69 Å². The molecule has 0 aliphatic rings. The molecular weight excluding hydrogens is 495 g/mol. The molecule has 0 bridgehead atoms. The van der Waals surface area contributed by atoms with Crippen molar-refractivity contribution in [2.45, 2.75) is 11.4 Å². The average molecular weight is 515 g/mol. The van der Waals surface area contributed by atoms with Crippen LogP contribution in [0.2, 0.25) is 10.0 Å². The second kappa shape index (κ2) is 10.3. The van der Waals surface area contributed by atoms with Crippen molar-refractivity contribution >= 4 is 44.8 Å². The van der Waals surface area contributed by atoms with Crippen LogP contribution in [0.3, 0.4) is 0 Å². The highest BCUT2D eigenvalue weighted by Gasteiger charge is 2.27. The van der Waals surface area contributed by atoms with Crippen LogP contribution in [-0.2, 0) is 21.4 Å². The highest BCUT2D eigenvalue weighted by Crippen LogP contribution is 2.29. The first-order valence-electron chi connectivity index (χ1n) is 10.2. The number of amides is 1. The third-order valence-electron chi connectivity index (χ3n) is 4.98. The summed E-state index contributed by atoms with van der Waals surface area (Å²) >= 11 is 12.2. The van der Waals surface area contributed by atoms with Gasteiger partial charge in [-0.1, -0.05) is 53.5 Å². The monoisotopic (exact) mass is 514 g/mol. The van der Waals surface area contributed by atoms with Crippen molar-refractivity contribution in [3.05, 3.63) is 107 Å². The van der Waals surface area contributed by atoms with Gasteiger partial charge < -0.3 is 9.88 Å². The lowest BCUT2D eigenvalue weighted by Crippen LogP contribution is -2.40. The maximum Gasteiger partial charge on any atom is 0.264 e. The zero-order valence-electron chi connectivity index (χ0n) is 17.8. The molecule has 1 N–H and O–H groups in total. The summed E-state index contributed by atoms with van der Waals surface area (Å²) < 4.78 is 29.6. The summed E-state index contributed by atoms with van der Waals surface area (Å²) in [5.41, 5.74) is 1.99. The lowest BCUT2D eigenvalue weighted by Gasteiger charge is -2.24. The van der Waals surface area contributed by atoms with E-state index in [0.717, 1.165) is 15.6 Å². The summed E-state index contributed by atoms with van der Waals surface area (Å²) in [6.07, 6.45) is 5.22. The first-order chi connectivity index (χ1) is 16.3. The molecule has 0 radical (unpaired) electrons. The van der Waals surface area contributed by atoms with Crippen molar-refractivity contribution in [2.24, 2.45) is 0 Å². The normalized spacial score (nSPS) is 11.2. The number of halogens is 2. The van der Waals surface area contributed by atoms with Gasteiger partial charge in [0, 0.05) is 34.7 Å². The molecule has 0 atom stereocenters. The number of sulfonamides is 1. The van der Waals surface area contributed by atoms with Gasteiger partial charge in [0.05, 0.1) is 16.9 Å². The van der Waals surface area contributed by atoms with Crippen molar-refractivity contribution in [1.82, 2.24) is 14.9 Å². The minimum atomic E-state index is -4.05. The Morgan fingerprint density at radius 3 is 2.26 bits per heavy atom. The molecule has 3 aromatic carbocycles. The number of carbonyl (C=O) groups is 1. The number of anilines is 1. The summed E-state index contributed by atoms with van der Waals surface area (Å²) in [4.78, 5) is 16.9. The molecule has 0 unspecified atom stereocenters. The molecule has 0 spiro atoms. The predicted molar refractivity (Wildman–Crippen MR) is 133 cm³/mol. The standard InChI is InChI=1S/C24H20Cl2N4O3S/c25-19-12-20(26)14-22(13-19)30(34(32,33)23-4-2-1-3-5-23)16-24(31)28-15-18-6-8-21(9-7-18)29-11-10-27-17-29/h1-14,17H,15-16H2,(H,28,31). The van der Waals surface area contributed by atoms with Gasteiger partial charge in [-0.3, -0.25) is 9.10 Å². The minimum absolute atomic E-state index is 0.0500. The largest absolute Gasteiger partial charge is 0.350 e. The number of nitrogens with zero attached hydrogens (tertiary/aromatic N) is 3. The third-order valence-corrected chi connectivity index (χ3v) is 7.21. The lowest BCUT2D eigenvalue weighted by molar-refractivity contribution is -0.119. The third kappa shape index (κ3) is 5.59. The molecule has 0 fully saturated rings. The van der Waals surface area contributed by atoms with Gasteiger partial charge in [-0.05, 0) is 48.0 Å². The van der Waals surface area contributed by atoms with Crippen LogP contribution in [0.25, 0.3) is 5.69 Å². The quantitative estimate of drug-likeness (QED) is 0.369. The summed E-state index contributed by atoms with van der Waals surface area (Å²) in [6, 6.07) is 19.8. The summed E-state index contributed by atoms with van der Waals surface area (Å²) in [7, 11) is -4.05. The Kier molecular flexibility index (Phi) is 7.21. The van der Waals surface area contributed by atoms with E-state index in [1.807, 2.05) is 35.0 Å². The molecule has 4 rings (SSSR count). The van der Waals surface area contributed by atoms with Crippen LogP contribution in [0.15, 0.2) is 96.4 Å². The highest BCUT2D eigenvalue weighted by molar-refractivity contribution is 7.92. The number of aromatic nitrogens is 2. The zero-order valence-corrected chi connectivity index (χ0v) is 20.1. The molecule has 34 heavy (non-hydrogen) atoms. The van der Waals surface area contributed by atoms with Crippen LogP contribution in [0.5, 0.6) is 0 Å². The zero-order chi connectivity index (χ0) is 24.1. The van der Waals surface area contributed by atoms with Gasteiger partial charge in [0.25, 0.3) is 10.0 Å². The maximum absolute atomic E-state index is 13.4. The Hall–Kier alpha value is -3.33. The van der Waals surface area contributed by atoms with E-state index in [9.17, 15) is 13.2 Å². The first-order valence-corrected chi connectivity index (χ1v) is 12.4. The van der Waals surface area contributed by atoms with Crippen LogP contribution in [-0.4, -0.2) is 30.4 Å². The summed E-state index contributed by atoms with van der Waals surface area (Å²) in [5.74, 6) is -0.478. The lowest BCUT2D eigenvalue weighted by atomic mass is 10.2. The van der Waals surface area contributed by atoms with Crippen molar-refractivity contribution in [2.75, 3.05) is 10.8 Å². The van der Waals surface area contributed by atoms with Gasteiger partial charge in [0.1, 0.15) is 6.54 Å². The molecule has 7 nitrogen and oxygen atoms in total. The van der Waals surface area contributed by atoms with Gasteiger partial charge in [-0.25, -0.2) is 13.4 Å². The molecule has 1 aromatic heterocycles. The fourth-order valence-electron chi connectivity index (χ4n) is 3.30. The van der Waals surface area contributed by atoms with E-state index in [1.165, 1.54) is 30.3 Å². The van der Waals surface area contributed by atoms with Gasteiger partial charge >= 0.3 is 0 Å². The SMILES string of the molecule is O=C(CN(c1cc(Cl)cc(Cl)c1)S(=O)(=O)c1ccccc1)NCc1ccc(-n2ccnc2)cc1. The van der Waals surface area contributed by atoms with E-state index in [0.29, 0.717) is 0 Å².